The van der Waals surface area contributed by atoms with E-state index in [1.807, 2.05) is 30.5 Å². The molecule has 35 heavy (non-hydrogen) atoms. The second kappa shape index (κ2) is 10.1. The molecule has 10 heteroatoms. The van der Waals surface area contributed by atoms with Crippen molar-refractivity contribution < 1.29 is 4.79 Å². The number of nitrogens with zero attached hydrogens (tertiary/aromatic N) is 7. The van der Waals surface area contributed by atoms with E-state index < -0.39 is 0 Å². The highest BCUT2D eigenvalue weighted by molar-refractivity contribution is 7.09. The zero-order chi connectivity index (χ0) is 24.4. The third kappa shape index (κ3) is 4.76. The lowest BCUT2D eigenvalue weighted by Crippen LogP contribution is -2.42. The molecule has 1 atom stereocenters. The molecule has 4 aromatic rings. The summed E-state index contributed by atoms with van der Waals surface area (Å²) in [5.74, 6) is 0.720. The molecule has 0 aliphatic carbocycles. The van der Waals surface area contributed by atoms with Gasteiger partial charge in [0.15, 0.2) is 5.65 Å². The van der Waals surface area contributed by atoms with Crippen LogP contribution in [0.2, 0.25) is 0 Å². The Morgan fingerprint density at radius 3 is 2.69 bits per heavy atom. The minimum Gasteiger partial charge on any atom is -0.356 e. The third-order valence-corrected chi connectivity index (χ3v) is 7.35. The van der Waals surface area contributed by atoms with Gasteiger partial charge < -0.3 is 10.2 Å². The Morgan fingerprint density at radius 1 is 1.17 bits per heavy atom. The number of likely N-dealkylation sites (N-methyl/N-ethyl adjacent to an activating group) is 1. The van der Waals surface area contributed by atoms with Crippen LogP contribution in [0.1, 0.15) is 37.6 Å². The molecule has 0 bridgehead atoms. The second-order valence-corrected chi connectivity index (χ2v) is 9.57. The first-order valence-electron chi connectivity index (χ1n) is 12.1. The Kier molecular flexibility index (Phi) is 6.74. The predicted molar refractivity (Wildman–Crippen MR) is 139 cm³/mol. The van der Waals surface area contributed by atoms with Crippen molar-refractivity contribution in [2.45, 2.75) is 33.2 Å². The number of hydrogen-bond donors (Lipinski definition) is 1. The minimum absolute atomic E-state index is 0.0933. The van der Waals surface area contributed by atoms with Gasteiger partial charge in [0.1, 0.15) is 5.82 Å². The maximum absolute atomic E-state index is 13.2. The molecule has 0 saturated carbocycles. The molecule has 1 aliphatic heterocycles. The highest BCUT2D eigenvalue weighted by atomic mass is 32.1. The van der Waals surface area contributed by atoms with E-state index in [2.05, 4.69) is 45.4 Å². The van der Waals surface area contributed by atoms with E-state index in [9.17, 15) is 4.79 Å². The summed E-state index contributed by atoms with van der Waals surface area (Å²) in [6, 6.07) is 7.88. The topological polar surface area (TPSA) is 91.5 Å². The van der Waals surface area contributed by atoms with Crippen molar-refractivity contribution in [3.8, 4) is 21.8 Å². The Labute approximate surface area is 209 Å². The first-order chi connectivity index (χ1) is 17.1. The van der Waals surface area contributed by atoms with Gasteiger partial charge in [-0.25, -0.2) is 18.9 Å². The van der Waals surface area contributed by atoms with Crippen LogP contribution in [0, 0.1) is 0 Å². The quantitative estimate of drug-likeness (QED) is 0.383. The number of nitrogens with one attached hydrogen (secondary N) is 1. The number of hydrogen-bond acceptors (Lipinski definition) is 8. The van der Waals surface area contributed by atoms with Crippen LogP contribution in [0.5, 0.6) is 0 Å². The molecule has 0 aromatic carbocycles. The van der Waals surface area contributed by atoms with Gasteiger partial charge in [-0.15, -0.1) is 0 Å². The molecule has 4 aromatic heterocycles. The van der Waals surface area contributed by atoms with Gasteiger partial charge in [-0.05, 0) is 62.2 Å². The van der Waals surface area contributed by atoms with Crippen LogP contribution in [0.3, 0.4) is 0 Å². The number of carbonyl (C=O) groups excluding carboxylic acids is 1. The van der Waals surface area contributed by atoms with Crippen LogP contribution < -0.4 is 10.2 Å². The summed E-state index contributed by atoms with van der Waals surface area (Å²) in [5, 5.41) is 7.60. The number of amides is 1. The second-order valence-electron chi connectivity index (χ2n) is 8.74. The molecule has 182 valence electrons. The Hall–Kier alpha value is -3.37. The van der Waals surface area contributed by atoms with Crippen molar-refractivity contribution in [2.24, 2.45) is 0 Å². The van der Waals surface area contributed by atoms with Crippen LogP contribution >= 0.6 is 11.5 Å². The fourth-order valence-electron chi connectivity index (χ4n) is 4.35. The van der Waals surface area contributed by atoms with Crippen molar-refractivity contribution >= 4 is 28.9 Å². The molecule has 0 spiro atoms. The minimum atomic E-state index is -0.0933. The molecule has 1 aliphatic rings. The van der Waals surface area contributed by atoms with Crippen LogP contribution in [-0.4, -0.2) is 73.5 Å². The Morgan fingerprint density at radius 2 is 2.00 bits per heavy atom. The van der Waals surface area contributed by atoms with E-state index in [-0.39, 0.29) is 11.9 Å². The summed E-state index contributed by atoms with van der Waals surface area (Å²) in [6.45, 7) is 10.8. The molecule has 9 nitrogen and oxygen atoms in total. The molecular weight excluding hydrogens is 460 g/mol. The van der Waals surface area contributed by atoms with E-state index in [1.165, 1.54) is 11.5 Å². The number of pyridine rings is 1. The predicted octanol–water partition coefficient (Wildman–Crippen LogP) is 3.59. The van der Waals surface area contributed by atoms with Crippen molar-refractivity contribution in [1.82, 2.24) is 34.2 Å². The monoisotopic (exact) mass is 490 g/mol. The lowest BCUT2D eigenvalue weighted by Gasteiger charge is -2.32. The van der Waals surface area contributed by atoms with E-state index in [0.29, 0.717) is 23.4 Å². The molecule has 5 rings (SSSR count). The van der Waals surface area contributed by atoms with E-state index in [4.69, 9.17) is 9.97 Å². The Bertz CT molecular complexity index is 1310. The van der Waals surface area contributed by atoms with Crippen LogP contribution in [0.4, 0.5) is 5.82 Å². The van der Waals surface area contributed by atoms with Crippen molar-refractivity contribution in [2.75, 3.05) is 37.6 Å². The summed E-state index contributed by atoms with van der Waals surface area (Å²) in [5.41, 5.74) is 3.63. The summed E-state index contributed by atoms with van der Waals surface area (Å²) < 4.78 is 5.93. The summed E-state index contributed by atoms with van der Waals surface area (Å²) in [4.78, 5) is 28.5. The SMILES string of the molecule is CCN(CC)C(C)CNC(=O)c1cc(-c2cnn3ccc(-c4ccns4)nc23)nc(N2CCC2)c1. The first-order valence-corrected chi connectivity index (χ1v) is 12.9. The molecule has 1 amide bonds. The van der Waals surface area contributed by atoms with Gasteiger partial charge in [0.25, 0.3) is 5.91 Å². The molecule has 5 heterocycles. The maximum atomic E-state index is 13.2. The zero-order valence-electron chi connectivity index (χ0n) is 20.3. The van der Waals surface area contributed by atoms with Crippen molar-refractivity contribution in [3.05, 3.63) is 48.4 Å². The Balaban J connectivity index is 1.48. The zero-order valence-corrected chi connectivity index (χ0v) is 21.1. The van der Waals surface area contributed by atoms with Gasteiger partial charge in [-0.3, -0.25) is 9.69 Å². The van der Waals surface area contributed by atoms with Crippen molar-refractivity contribution in [1.29, 1.82) is 0 Å². The average molecular weight is 491 g/mol. The van der Waals surface area contributed by atoms with Crippen LogP contribution in [0.15, 0.2) is 42.9 Å². The van der Waals surface area contributed by atoms with Gasteiger partial charge in [0.05, 0.1) is 28.0 Å². The molecule has 0 radical (unpaired) electrons. The van der Waals surface area contributed by atoms with E-state index >= 15 is 0 Å². The standard InChI is InChI=1S/C25H30N8OS/c1-4-31(5-2)17(3)15-26-25(34)18-13-21(29-23(14-18)32-10-6-11-32)19-16-27-33-12-8-20(30-24(19)33)22-7-9-28-35-22/h7-9,12-14,16-17H,4-6,10-11,15H2,1-3H3,(H,26,34). The maximum Gasteiger partial charge on any atom is 0.251 e. The largest absolute Gasteiger partial charge is 0.356 e. The van der Waals surface area contributed by atoms with Gasteiger partial charge in [-0.2, -0.15) is 5.10 Å². The average Bonchev–Trinajstić information content (AvgIpc) is 3.52. The van der Waals surface area contributed by atoms with Gasteiger partial charge in [0, 0.05) is 43.6 Å². The fraction of sp³-hybridized carbons (Fsp3) is 0.400. The van der Waals surface area contributed by atoms with Gasteiger partial charge >= 0.3 is 0 Å². The molecule has 1 fully saturated rings. The number of aromatic nitrogens is 5. The summed E-state index contributed by atoms with van der Waals surface area (Å²) in [6.07, 6.45) is 6.56. The molecule has 1 N–H and O–H groups in total. The van der Waals surface area contributed by atoms with E-state index in [0.717, 1.165) is 54.6 Å². The highest BCUT2D eigenvalue weighted by Crippen LogP contribution is 2.29. The lowest BCUT2D eigenvalue weighted by molar-refractivity contribution is 0.0938. The van der Waals surface area contributed by atoms with Crippen LogP contribution in [0.25, 0.3) is 27.5 Å². The lowest BCUT2D eigenvalue weighted by atomic mass is 10.1. The number of anilines is 1. The summed E-state index contributed by atoms with van der Waals surface area (Å²) in [7, 11) is 0. The molecular formula is C25H30N8OS. The first kappa shape index (κ1) is 23.4. The number of rotatable bonds is 9. The fourth-order valence-corrected chi connectivity index (χ4v) is 4.91. The number of fused-ring (bicyclic) bond motifs is 1. The molecule has 1 unspecified atom stereocenters. The third-order valence-electron chi connectivity index (χ3n) is 6.58. The van der Waals surface area contributed by atoms with Gasteiger partial charge in [0.2, 0.25) is 0 Å². The normalized spacial score (nSPS) is 14.3. The smallest absolute Gasteiger partial charge is 0.251 e. The van der Waals surface area contributed by atoms with Gasteiger partial charge in [-0.1, -0.05) is 13.8 Å². The van der Waals surface area contributed by atoms with E-state index in [1.54, 1.807) is 16.9 Å². The van der Waals surface area contributed by atoms with Crippen molar-refractivity contribution in [3.63, 3.8) is 0 Å². The number of carbonyl (C=O) groups is 1. The highest BCUT2D eigenvalue weighted by Gasteiger charge is 2.22. The molecule has 1 saturated heterocycles. The van der Waals surface area contributed by atoms with Crippen LogP contribution in [-0.2, 0) is 0 Å². The summed E-state index contributed by atoms with van der Waals surface area (Å²) >= 11 is 1.40.